The molecule has 0 aliphatic carbocycles. The molecule has 0 aromatic heterocycles. The predicted molar refractivity (Wildman–Crippen MR) is 287 cm³/mol. The number of hydrogen-bond donors (Lipinski definition) is 14. The van der Waals surface area contributed by atoms with Crippen molar-refractivity contribution in [1.82, 2.24) is 31.9 Å². The Bertz CT molecular complexity index is 478. The molecule has 3 unspecified atom stereocenters. The molecule has 0 amide bonds. The second kappa shape index (κ2) is 166. The van der Waals surface area contributed by atoms with Crippen LogP contribution in [0.1, 0.15) is 123 Å². The van der Waals surface area contributed by atoms with E-state index in [1.807, 2.05) is 0 Å². The number of aliphatic hydroxyl groups is 2. The smallest absolute Gasteiger partial charge is 0.0556 e. The van der Waals surface area contributed by atoms with Crippen LogP contribution in [0.2, 0.25) is 0 Å². The van der Waals surface area contributed by atoms with E-state index in [2.05, 4.69) is 120 Å². The number of rotatable bonds is 26. The Morgan fingerprint density at radius 1 is 0.515 bits per heavy atom. The van der Waals surface area contributed by atoms with Crippen molar-refractivity contribution < 1.29 is 120 Å². The van der Waals surface area contributed by atoms with Crippen molar-refractivity contribution in [2.45, 2.75) is 135 Å². The van der Waals surface area contributed by atoms with E-state index >= 15 is 0 Å². The predicted octanol–water partition coefficient (Wildman–Crippen LogP) is -3.64. The summed E-state index contributed by atoms with van der Waals surface area (Å²) in [6.45, 7) is 17.3. The van der Waals surface area contributed by atoms with Crippen molar-refractivity contribution in [2.75, 3.05) is 84.4 Å². The molecule has 0 bridgehead atoms. The largest absolute Gasteiger partial charge is 0.412 e. The topological polar surface area (TPSA) is 607 Å². The summed E-state index contributed by atoms with van der Waals surface area (Å²) in [5, 5.41) is 67.3. The van der Waals surface area contributed by atoms with Gasteiger partial charge < -0.3 is 108 Å². The summed E-state index contributed by atoms with van der Waals surface area (Å²) in [7, 11) is 1.68. The van der Waals surface area contributed by atoms with Crippen LogP contribution in [0.4, 0.5) is 0 Å². The Hall–Kier alpha value is 0.320. The monoisotopic (exact) mass is 1090 g/mol. The van der Waals surface area contributed by atoms with E-state index in [4.69, 9.17) is 26.0 Å². The fourth-order valence-corrected chi connectivity index (χ4v) is 3.97. The van der Waals surface area contributed by atoms with Gasteiger partial charge in [0.25, 0.3) is 0 Å². The molecule has 442 valence electrons. The van der Waals surface area contributed by atoms with Gasteiger partial charge in [-0.2, -0.15) is 17.3 Å². The molecule has 0 aromatic carbocycles. The zero-order valence-electron chi connectivity index (χ0n) is 35.3. The molecule has 1 rings (SSSR count). The lowest BCUT2D eigenvalue weighted by molar-refractivity contribution is -0.433. The Morgan fingerprint density at radius 3 is 1.08 bits per heavy atom. The standard InChI is InChI=1S/C9H20N2O.C9H22N2O.C9H22N2S.6CH4.H3O3P.2H2O3S.12H2O/c1-2-3-8-9(4-5-10-8)11-6-7-12;2*1-2-3-5-10-6-4-7-11-8-9-12;;;;;;;3*1-2-3-4;;;;;;;;;;;;/h8-12H,2-7H2,1H3;2*10-12H,2-9H2,1H3;6*1H4;1H,4H2;2*1,4H;12*1H2. The van der Waals surface area contributed by atoms with E-state index in [9.17, 15) is 0 Å². The maximum atomic E-state index is 8.66. The molecule has 0 spiro atoms. The van der Waals surface area contributed by atoms with Crippen LogP contribution in [0.15, 0.2) is 0 Å². The van der Waals surface area contributed by atoms with Crippen LogP contribution in [-0.4, -0.2) is 188 Å². The SMILES string of the molecule is C.C.C.C.C.C.CCCC1NCCC1NCCO.CCCCNCCCNCCO.CCCCNCCCNCCS.O.O.O.O.O.O.O.O.O.O.O.O.OOOP.OOOS.OOOS. The van der Waals surface area contributed by atoms with E-state index in [-0.39, 0.29) is 123 Å². The van der Waals surface area contributed by atoms with Gasteiger partial charge in [-0.25, -0.2) is 15.8 Å². The van der Waals surface area contributed by atoms with Crippen LogP contribution < -0.4 is 31.9 Å². The normalized spacial score (nSPS) is 10.5. The van der Waals surface area contributed by atoms with Crippen molar-refractivity contribution in [3.63, 3.8) is 0 Å². The molecule has 3 atom stereocenters. The van der Waals surface area contributed by atoms with Crippen molar-refractivity contribution in [3.05, 3.63) is 0 Å². The van der Waals surface area contributed by atoms with Crippen LogP contribution in [0, 0.1) is 0 Å². The maximum absolute atomic E-state index is 8.66. The number of aliphatic hydroxyl groups excluding tert-OH is 2. The molecular formula is C33H119N6O23PS3. The Morgan fingerprint density at radius 2 is 0.818 bits per heavy atom. The first kappa shape index (κ1) is 151. The zero-order valence-corrected chi connectivity index (χ0v) is 39.2. The molecule has 0 saturated carbocycles. The first-order chi connectivity index (χ1) is 23.5. The van der Waals surface area contributed by atoms with E-state index in [1.54, 1.807) is 9.47 Å². The molecule has 1 heterocycles. The van der Waals surface area contributed by atoms with Gasteiger partial charge in [-0.3, -0.25) is 0 Å². The highest BCUT2D eigenvalue weighted by Crippen LogP contribution is 2.11. The highest BCUT2D eigenvalue weighted by molar-refractivity contribution is 7.80. The van der Waals surface area contributed by atoms with Crippen LogP contribution >= 0.6 is 47.9 Å². The average molecular weight is 1100 g/mol. The summed E-state index contributed by atoms with van der Waals surface area (Å²) in [6, 6.07) is 1.21. The van der Waals surface area contributed by atoms with Crippen molar-refractivity contribution >= 4 is 47.9 Å². The van der Waals surface area contributed by atoms with Gasteiger partial charge in [0, 0.05) is 72.8 Å². The summed E-state index contributed by atoms with van der Waals surface area (Å²) in [4.78, 5) is 0. The molecule has 0 aromatic rings. The lowest BCUT2D eigenvalue weighted by Crippen LogP contribution is -2.41. The van der Waals surface area contributed by atoms with Gasteiger partial charge in [0.1, 0.15) is 0 Å². The minimum Gasteiger partial charge on any atom is -0.412 e. The fourth-order valence-electron chi connectivity index (χ4n) is 3.81. The number of nitrogens with one attached hydrogen (secondary N) is 6. The molecule has 1 fully saturated rings. The highest BCUT2D eigenvalue weighted by atomic mass is 32.1. The number of hydrogen-bond acceptors (Lipinski definition) is 20. The van der Waals surface area contributed by atoms with Crippen molar-refractivity contribution in [2.24, 2.45) is 0 Å². The second-order valence-electron chi connectivity index (χ2n) is 9.75. The Labute approximate surface area is 418 Å². The second-order valence-corrected chi connectivity index (χ2v) is 10.7. The lowest BCUT2D eigenvalue weighted by atomic mass is 10.1. The van der Waals surface area contributed by atoms with Gasteiger partial charge in [0.05, 0.1) is 13.2 Å². The van der Waals surface area contributed by atoms with Crippen LogP contribution in [0.5, 0.6) is 0 Å². The van der Waals surface area contributed by atoms with Gasteiger partial charge in [0.15, 0.2) is 0 Å². The van der Waals surface area contributed by atoms with Crippen LogP contribution in [0.3, 0.4) is 0 Å². The minimum absolute atomic E-state index is 0. The van der Waals surface area contributed by atoms with Crippen LogP contribution in [0.25, 0.3) is 0 Å². The average Bonchev–Trinajstić information content (AvgIpc) is 3.57. The lowest BCUT2D eigenvalue weighted by Gasteiger charge is -2.19. The molecule has 66 heavy (non-hydrogen) atoms. The van der Waals surface area contributed by atoms with Gasteiger partial charge in [-0.1, -0.05) is 99.7 Å². The zero-order chi connectivity index (χ0) is 37.2. The summed E-state index contributed by atoms with van der Waals surface area (Å²) < 4.78 is 10.1. The Balaban J connectivity index is -0.0000000159. The van der Waals surface area contributed by atoms with E-state index < -0.39 is 0 Å². The third-order valence-electron chi connectivity index (χ3n) is 5.98. The van der Waals surface area contributed by atoms with Gasteiger partial charge in [0.2, 0.25) is 0 Å². The van der Waals surface area contributed by atoms with E-state index in [0.717, 1.165) is 71.1 Å². The quantitative estimate of drug-likeness (QED) is 0.00992. The third-order valence-corrected chi connectivity index (χ3v) is 6.42. The molecule has 33 heteroatoms. The maximum Gasteiger partial charge on any atom is 0.0556 e. The van der Waals surface area contributed by atoms with E-state index in [0.29, 0.717) is 12.1 Å². The Kier molecular flexibility index (Phi) is 380. The van der Waals surface area contributed by atoms with Gasteiger partial charge >= 0.3 is 0 Å². The first-order valence-corrected chi connectivity index (χ1v) is 18.3. The number of unbranched alkanes of at least 4 members (excludes halogenated alkanes) is 2. The first-order valence-electron chi connectivity index (χ1n) is 16.5. The molecule has 1 aliphatic heterocycles. The highest BCUT2D eigenvalue weighted by Gasteiger charge is 2.24. The molecule has 35 N–H and O–H groups in total. The summed E-state index contributed by atoms with van der Waals surface area (Å²) in [5.74, 6) is 0.934. The van der Waals surface area contributed by atoms with E-state index in [1.165, 1.54) is 57.9 Å². The summed E-state index contributed by atoms with van der Waals surface area (Å²) in [6.07, 6.45) is 11.1. The molecule has 1 saturated heterocycles. The fraction of sp³-hybridized carbons (Fsp3) is 1.00. The molecular weight excluding hydrogens is 976 g/mol. The van der Waals surface area contributed by atoms with Gasteiger partial charge in [-0.05, 0) is 84.3 Å². The molecule has 0 radical (unpaired) electrons. The summed E-state index contributed by atoms with van der Waals surface area (Å²) in [5.41, 5.74) is 0. The third kappa shape index (κ3) is 176. The van der Waals surface area contributed by atoms with Gasteiger partial charge in [-0.15, -0.1) is 8.67 Å². The summed E-state index contributed by atoms with van der Waals surface area (Å²) >= 11 is 10.0. The van der Waals surface area contributed by atoms with Crippen LogP contribution in [-0.2, 0) is 28.5 Å². The molecule has 1 aliphatic rings. The van der Waals surface area contributed by atoms with Crippen molar-refractivity contribution in [3.8, 4) is 0 Å². The van der Waals surface area contributed by atoms with Crippen molar-refractivity contribution in [1.29, 1.82) is 0 Å². The molecule has 29 nitrogen and oxygen atoms in total. The minimum atomic E-state index is 0. The number of thiol groups is 3.